The number of ether oxygens (including phenoxy) is 1. The second kappa shape index (κ2) is 4.44. The first kappa shape index (κ1) is 10.8. The molecule has 0 saturated carbocycles. The zero-order valence-electron chi connectivity index (χ0n) is 9.01. The lowest BCUT2D eigenvalue weighted by atomic mass is 10.4. The number of aromatic nitrogens is 3. The summed E-state index contributed by atoms with van der Waals surface area (Å²) in [5.74, 6) is -0.355. The van der Waals surface area contributed by atoms with Gasteiger partial charge in [0.1, 0.15) is 9.88 Å². The monoisotopic (exact) mass is 237 g/mol. The van der Waals surface area contributed by atoms with Gasteiger partial charge in [-0.15, -0.1) is 11.3 Å². The van der Waals surface area contributed by atoms with E-state index < -0.39 is 0 Å². The van der Waals surface area contributed by atoms with Crippen LogP contribution in [0.25, 0.3) is 10.7 Å². The van der Waals surface area contributed by atoms with Crippen molar-refractivity contribution < 1.29 is 9.53 Å². The van der Waals surface area contributed by atoms with Gasteiger partial charge in [-0.2, -0.15) is 5.10 Å². The smallest absolute Gasteiger partial charge is 0.349 e. The maximum atomic E-state index is 11.3. The van der Waals surface area contributed by atoms with Gasteiger partial charge in [0.25, 0.3) is 0 Å². The lowest BCUT2D eigenvalue weighted by molar-refractivity contribution is 0.0606. The fourth-order valence-electron chi connectivity index (χ4n) is 1.35. The molecule has 0 amide bonds. The molecule has 2 rings (SSSR count). The molecule has 0 aromatic carbocycles. The molecule has 0 spiro atoms. The van der Waals surface area contributed by atoms with E-state index in [9.17, 15) is 4.79 Å². The Balaban J connectivity index is 2.35. The van der Waals surface area contributed by atoms with Gasteiger partial charge in [-0.1, -0.05) is 0 Å². The van der Waals surface area contributed by atoms with Gasteiger partial charge in [-0.05, 0) is 13.0 Å². The van der Waals surface area contributed by atoms with Gasteiger partial charge in [-0.25, -0.2) is 9.78 Å². The molecular weight excluding hydrogens is 226 g/mol. The number of carbonyl (C=O) groups excluding carboxylic acids is 1. The number of aryl methyl sites for hydroxylation is 1. The molecule has 0 N–H and O–H groups in total. The highest BCUT2D eigenvalue weighted by Crippen LogP contribution is 2.25. The first-order chi connectivity index (χ1) is 7.76. The first-order valence-electron chi connectivity index (χ1n) is 4.82. The van der Waals surface area contributed by atoms with E-state index in [0.29, 0.717) is 4.88 Å². The summed E-state index contributed by atoms with van der Waals surface area (Å²) >= 11 is 1.31. The molecule has 2 aromatic rings. The van der Waals surface area contributed by atoms with Crippen molar-refractivity contribution in [1.82, 2.24) is 14.8 Å². The summed E-state index contributed by atoms with van der Waals surface area (Å²) in [5, 5.41) is 4.93. The van der Waals surface area contributed by atoms with Crippen molar-refractivity contribution in [3.05, 3.63) is 23.3 Å². The molecule has 0 atom stereocenters. The van der Waals surface area contributed by atoms with E-state index in [2.05, 4.69) is 14.8 Å². The lowest BCUT2D eigenvalue weighted by Crippen LogP contribution is -1.98. The summed E-state index contributed by atoms with van der Waals surface area (Å²) in [6.07, 6.45) is 3.25. The molecule has 0 radical (unpaired) electrons. The third-order valence-corrected chi connectivity index (χ3v) is 3.13. The standard InChI is InChI=1S/C10H11N3O2S/c1-3-13-7(4-5-12-13)9-11-6-8(16-9)10(14)15-2/h4-6H,3H2,1-2H3. The molecule has 0 aliphatic carbocycles. The van der Waals surface area contributed by atoms with E-state index in [0.717, 1.165) is 17.2 Å². The van der Waals surface area contributed by atoms with Gasteiger partial charge in [0.2, 0.25) is 0 Å². The first-order valence-corrected chi connectivity index (χ1v) is 5.64. The van der Waals surface area contributed by atoms with Crippen molar-refractivity contribution in [3.8, 4) is 10.7 Å². The van der Waals surface area contributed by atoms with Crippen molar-refractivity contribution in [2.45, 2.75) is 13.5 Å². The van der Waals surface area contributed by atoms with E-state index in [1.165, 1.54) is 24.6 Å². The Morgan fingerprint density at radius 1 is 1.62 bits per heavy atom. The van der Waals surface area contributed by atoms with Crippen molar-refractivity contribution in [3.63, 3.8) is 0 Å². The normalized spacial score (nSPS) is 10.4. The minimum absolute atomic E-state index is 0.355. The van der Waals surface area contributed by atoms with Crippen LogP contribution in [0.15, 0.2) is 18.5 Å². The van der Waals surface area contributed by atoms with Crippen molar-refractivity contribution in [2.24, 2.45) is 0 Å². The Hall–Kier alpha value is -1.69. The van der Waals surface area contributed by atoms with E-state index in [1.54, 1.807) is 6.20 Å². The average molecular weight is 237 g/mol. The number of thiazole rings is 1. The van der Waals surface area contributed by atoms with Gasteiger partial charge in [0.15, 0.2) is 0 Å². The van der Waals surface area contributed by atoms with Gasteiger partial charge >= 0.3 is 5.97 Å². The molecule has 0 unspecified atom stereocenters. The van der Waals surface area contributed by atoms with Crippen LogP contribution in [0.3, 0.4) is 0 Å². The van der Waals surface area contributed by atoms with Crippen molar-refractivity contribution in [2.75, 3.05) is 7.11 Å². The Morgan fingerprint density at radius 2 is 2.44 bits per heavy atom. The average Bonchev–Trinajstić information content (AvgIpc) is 2.95. The quantitative estimate of drug-likeness (QED) is 0.764. The highest BCUT2D eigenvalue weighted by molar-refractivity contribution is 7.16. The molecule has 0 aliphatic rings. The predicted molar refractivity (Wildman–Crippen MR) is 60.3 cm³/mol. The Labute approximate surface area is 96.7 Å². The van der Waals surface area contributed by atoms with Crippen LogP contribution in [0.4, 0.5) is 0 Å². The van der Waals surface area contributed by atoms with Crippen LogP contribution in [-0.2, 0) is 11.3 Å². The number of hydrogen-bond acceptors (Lipinski definition) is 5. The van der Waals surface area contributed by atoms with Crippen LogP contribution in [0.5, 0.6) is 0 Å². The van der Waals surface area contributed by atoms with Gasteiger partial charge in [-0.3, -0.25) is 4.68 Å². The zero-order valence-corrected chi connectivity index (χ0v) is 9.82. The van der Waals surface area contributed by atoms with Crippen molar-refractivity contribution >= 4 is 17.3 Å². The van der Waals surface area contributed by atoms with Gasteiger partial charge < -0.3 is 4.74 Å². The lowest BCUT2D eigenvalue weighted by Gasteiger charge is -1.99. The van der Waals surface area contributed by atoms with Crippen LogP contribution >= 0.6 is 11.3 Å². The fourth-order valence-corrected chi connectivity index (χ4v) is 2.22. The topological polar surface area (TPSA) is 57.0 Å². The molecule has 0 fully saturated rings. The Morgan fingerprint density at radius 3 is 3.12 bits per heavy atom. The second-order valence-corrected chi connectivity index (χ2v) is 4.08. The maximum absolute atomic E-state index is 11.3. The number of hydrogen-bond donors (Lipinski definition) is 0. The SMILES string of the molecule is CCn1nccc1-c1ncc(C(=O)OC)s1. The van der Waals surface area contributed by atoms with Crippen LogP contribution < -0.4 is 0 Å². The van der Waals surface area contributed by atoms with E-state index in [-0.39, 0.29) is 5.97 Å². The molecule has 0 bridgehead atoms. The van der Waals surface area contributed by atoms with Gasteiger partial charge in [0.05, 0.1) is 19.0 Å². The van der Waals surface area contributed by atoms with Crippen LogP contribution in [0, 0.1) is 0 Å². The molecule has 84 valence electrons. The number of esters is 1. The number of carbonyl (C=O) groups is 1. The Kier molecular flexibility index (Phi) is 3.00. The summed E-state index contributed by atoms with van der Waals surface area (Å²) in [4.78, 5) is 16.0. The molecule has 5 nitrogen and oxygen atoms in total. The minimum Gasteiger partial charge on any atom is -0.465 e. The molecule has 0 aliphatic heterocycles. The van der Waals surface area contributed by atoms with E-state index in [4.69, 9.17) is 0 Å². The summed E-state index contributed by atoms with van der Waals surface area (Å²) < 4.78 is 6.47. The van der Waals surface area contributed by atoms with Crippen LogP contribution in [0.1, 0.15) is 16.6 Å². The summed E-state index contributed by atoms with van der Waals surface area (Å²) in [6, 6.07) is 1.88. The summed E-state index contributed by atoms with van der Waals surface area (Å²) in [7, 11) is 1.36. The summed E-state index contributed by atoms with van der Waals surface area (Å²) in [5.41, 5.74) is 0.919. The van der Waals surface area contributed by atoms with E-state index in [1.807, 2.05) is 17.7 Å². The highest BCUT2D eigenvalue weighted by atomic mass is 32.1. The minimum atomic E-state index is -0.355. The van der Waals surface area contributed by atoms with Crippen LogP contribution in [-0.4, -0.2) is 27.8 Å². The number of methoxy groups -OCH3 is 1. The number of nitrogens with zero attached hydrogens (tertiary/aromatic N) is 3. The molecule has 2 aromatic heterocycles. The predicted octanol–water partition coefficient (Wildman–Crippen LogP) is 1.81. The molecule has 16 heavy (non-hydrogen) atoms. The fraction of sp³-hybridized carbons (Fsp3) is 0.300. The maximum Gasteiger partial charge on any atom is 0.349 e. The summed E-state index contributed by atoms with van der Waals surface area (Å²) in [6.45, 7) is 2.78. The largest absolute Gasteiger partial charge is 0.465 e. The zero-order chi connectivity index (χ0) is 11.5. The van der Waals surface area contributed by atoms with Crippen molar-refractivity contribution in [1.29, 1.82) is 0 Å². The molecule has 0 saturated heterocycles. The highest BCUT2D eigenvalue weighted by Gasteiger charge is 2.13. The third kappa shape index (κ3) is 1.83. The molecular formula is C10H11N3O2S. The third-order valence-electron chi connectivity index (χ3n) is 2.13. The second-order valence-electron chi connectivity index (χ2n) is 3.05. The molecule has 6 heteroatoms. The van der Waals surface area contributed by atoms with Gasteiger partial charge in [0, 0.05) is 12.7 Å². The Bertz CT molecular complexity index is 504. The molecule has 2 heterocycles. The number of rotatable bonds is 3. The van der Waals surface area contributed by atoms with E-state index >= 15 is 0 Å². The van der Waals surface area contributed by atoms with Crippen LogP contribution in [0.2, 0.25) is 0 Å².